The molecule has 162 valence electrons. The minimum Gasteiger partial charge on any atom is -0.250 e. The van der Waals surface area contributed by atoms with Crippen LogP contribution in [0.3, 0.4) is 0 Å². The molecule has 3 aliphatic rings. The van der Waals surface area contributed by atoms with E-state index in [-0.39, 0.29) is 22.8 Å². The molecule has 0 saturated carbocycles. The Morgan fingerprint density at radius 2 is 1.13 bits per heavy atom. The van der Waals surface area contributed by atoms with Crippen LogP contribution in [0.25, 0.3) is 0 Å². The maximum atomic E-state index is 7.77. The molecule has 3 aromatic rings. The second-order valence-electron chi connectivity index (χ2n) is 5.73. The molecule has 0 atom stereocenters. The molecular weight excluding hydrogens is 378 g/mol. The second kappa shape index (κ2) is 11.0. The Hall–Kier alpha value is -2.58. The molecule has 9 heteroatoms. The van der Waals surface area contributed by atoms with Gasteiger partial charge in [0.25, 0.3) is 0 Å². The van der Waals surface area contributed by atoms with Crippen molar-refractivity contribution in [2.45, 2.75) is 96.2 Å². The summed E-state index contributed by atoms with van der Waals surface area (Å²) >= 11 is 0. The lowest BCUT2D eigenvalue weighted by atomic mass is 10.2. The fourth-order valence-electron chi connectivity index (χ4n) is 2.37. The van der Waals surface area contributed by atoms with Gasteiger partial charge in [-0.05, 0) is 38.4 Å². The van der Waals surface area contributed by atoms with Crippen molar-refractivity contribution < 1.29 is 27.4 Å². The van der Waals surface area contributed by atoms with Crippen molar-refractivity contribution in [3.8, 4) is 0 Å². The molecule has 6 heterocycles. The van der Waals surface area contributed by atoms with Gasteiger partial charge in [-0.15, -0.1) is 0 Å². The molecule has 0 amide bonds. The summed E-state index contributed by atoms with van der Waals surface area (Å²) in [7, 11) is 0. The van der Waals surface area contributed by atoms with Gasteiger partial charge in [0.05, 0.1) is 8.22 Å². The third kappa shape index (κ3) is 5.73. The molecule has 0 bridgehead atoms. The number of nitrogens with zero attached hydrogens (tertiary/aromatic N) is 9. The van der Waals surface area contributed by atoms with E-state index in [9.17, 15) is 0 Å². The van der Waals surface area contributed by atoms with Crippen LogP contribution < -0.4 is 0 Å². The Bertz CT molecular complexity index is 1580. The summed E-state index contributed by atoms with van der Waals surface area (Å²) in [5, 5.41) is 10.8. The van der Waals surface area contributed by atoms with E-state index in [1.54, 1.807) is 0 Å². The summed E-state index contributed by atoms with van der Waals surface area (Å²) in [6, 6.07) is 0. The summed E-state index contributed by atoms with van der Waals surface area (Å²) in [5.41, 5.74) is 0. The van der Waals surface area contributed by atoms with E-state index >= 15 is 0 Å². The summed E-state index contributed by atoms with van der Waals surface area (Å²) in [6.45, 7) is -6.78. The van der Waals surface area contributed by atoms with Gasteiger partial charge in [-0.2, -0.15) is 15.3 Å². The van der Waals surface area contributed by atoms with Gasteiger partial charge in [0.2, 0.25) is 0 Å². The zero-order chi connectivity index (χ0) is 38.4. The van der Waals surface area contributed by atoms with Crippen LogP contribution in [0.1, 0.15) is 102 Å². The molecule has 0 radical (unpaired) electrons. The van der Waals surface area contributed by atoms with Crippen molar-refractivity contribution in [2.75, 3.05) is 0 Å². The second-order valence-corrected chi connectivity index (χ2v) is 5.73. The smallest absolute Gasteiger partial charge is 0.138 e. The van der Waals surface area contributed by atoms with Gasteiger partial charge in [-0.25, -0.2) is 15.0 Å². The molecule has 6 rings (SSSR count). The van der Waals surface area contributed by atoms with Gasteiger partial charge in [-0.3, -0.25) is 14.0 Å². The molecule has 3 aliphatic heterocycles. The number of hydrogen-bond donors (Lipinski definition) is 0. The van der Waals surface area contributed by atoms with Crippen molar-refractivity contribution in [3.05, 3.63) is 36.5 Å². The van der Waals surface area contributed by atoms with Crippen LogP contribution >= 0.6 is 0 Å². The fraction of sp³-hybridized carbons (Fsp3) is 0.714. The maximum absolute atomic E-state index is 7.77. The van der Waals surface area contributed by atoms with Gasteiger partial charge in [0, 0.05) is 57.8 Å². The predicted molar refractivity (Wildman–Crippen MR) is 113 cm³/mol. The average Bonchev–Trinajstić information content (AvgIpc) is 3.71. The number of aromatic nitrogens is 9. The van der Waals surface area contributed by atoms with Crippen molar-refractivity contribution in [1.82, 2.24) is 44.3 Å². The van der Waals surface area contributed by atoms with Crippen LogP contribution in [0.4, 0.5) is 0 Å². The Labute approximate surface area is 206 Å². The standard InChI is InChI=1S/3C7H11N3/c3*1-2-4-7-8-6-9-10(7)5-3-1/h3*6H,1-5H2/i1D2,2D2,3D2,4D2,5D2;1D2,4D2,5D2;4D2,5D2. The molecule has 9 nitrogen and oxygen atoms in total. The number of aryl methyl sites for hydroxylation is 6. The highest BCUT2D eigenvalue weighted by atomic mass is 15.3. The topological polar surface area (TPSA) is 92.1 Å². The highest BCUT2D eigenvalue weighted by Crippen LogP contribution is 2.11. The lowest BCUT2D eigenvalue weighted by Gasteiger charge is -1.96. The Morgan fingerprint density at radius 1 is 0.533 bits per heavy atom. The zero-order valence-electron chi connectivity index (χ0n) is 35.8. The fourth-order valence-corrected chi connectivity index (χ4v) is 2.37. The van der Waals surface area contributed by atoms with Gasteiger partial charge in [0.1, 0.15) is 36.5 Å². The highest BCUT2D eigenvalue weighted by molar-refractivity contribution is 4.87. The third-order valence-electron chi connectivity index (χ3n) is 3.73. The number of rotatable bonds is 0. The third-order valence-corrected chi connectivity index (χ3v) is 3.73. The monoisotopic (exact) mass is 431 g/mol. The molecule has 0 saturated heterocycles. The van der Waals surface area contributed by atoms with Crippen molar-refractivity contribution >= 4 is 0 Å². The minimum absolute atomic E-state index is 0.0972. The van der Waals surface area contributed by atoms with Crippen LogP contribution in [-0.2, 0) is 38.6 Å². The zero-order valence-corrected chi connectivity index (χ0v) is 15.8. The quantitative estimate of drug-likeness (QED) is 0.543. The minimum atomic E-state index is -3.46. The lowest BCUT2D eigenvalue weighted by molar-refractivity contribution is 0.575. The SMILES string of the molecule is [2H]C1([2H])CC([2H])([2H])c2ncnn2C([2H])([2H])C1.[2H]C1([2H])CCCC([2H])([2H])n2ncnc21.[2H]C1([2H])c2ncnn2C([2H])([2H])C([2H])([2H])C([2H])([2H])C1([2H])[2H]. The predicted octanol–water partition coefficient (Wildman–Crippen LogP) is 3.01. The Kier molecular flexibility index (Phi) is 2.76. The molecule has 30 heavy (non-hydrogen) atoms. The number of fused-ring (bicyclic) bond motifs is 3. The maximum Gasteiger partial charge on any atom is 0.138 e. The molecule has 0 spiro atoms. The van der Waals surface area contributed by atoms with Crippen LogP contribution in [0.15, 0.2) is 19.0 Å². The van der Waals surface area contributed by atoms with Crippen LogP contribution in [0, 0.1) is 0 Å². The largest absolute Gasteiger partial charge is 0.250 e. The van der Waals surface area contributed by atoms with Gasteiger partial charge in [0.15, 0.2) is 0 Å². The van der Waals surface area contributed by atoms with Crippen LogP contribution in [-0.4, -0.2) is 44.3 Å². The van der Waals surface area contributed by atoms with Crippen molar-refractivity contribution in [2.24, 2.45) is 0 Å². The highest BCUT2D eigenvalue weighted by Gasteiger charge is 2.08. The first-order valence-corrected chi connectivity index (χ1v) is 9.03. The first kappa shape index (κ1) is 7.53. The van der Waals surface area contributed by atoms with Gasteiger partial charge in [-0.1, -0.05) is 19.2 Å². The van der Waals surface area contributed by atoms with E-state index in [1.807, 2.05) is 0 Å². The van der Waals surface area contributed by atoms with Crippen LogP contribution in [0.2, 0.25) is 0 Å². The normalized spacial score (nSPS) is 44.7. The van der Waals surface area contributed by atoms with Crippen molar-refractivity contribution in [3.63, 3.8) is 0 Å². The van der Waals surface area contributed by atoms with Crippen LogP contribution in [0.5, 0.6) is 0 Å². The summed E-state index contributed by atoms with van der Waals surface area (Å²) < 4.78 is 156. The molecular formula is C21H33N9. The van der Waals surface area contributed by atoms with E-state index in [0.717, 1.165) is 22.0 Å². The molecule has 0 unspecified atom stereocenters. The van der Waals surface area contributed by atoms with Crippen molar-refractivity contribution in [1.29, 1.82) is 0 Å². The van der Waals surface area contributed by atoms with Gasteiger partial charge >= 0.3 is 0 Å². The Balaban J connectivity index is 0.000000171. The van der Waals surface area contributed by atoms with E-state index in [1.165, 1.54) is 6.33 Å². The van der Waals surface area contributed by atoms with E-state index in [0.29, 0.717) is 12.8 Å². The Morgan fingerprint density at radius 3 is 1.87 bits per heavy atom. The first-order chi connectivity index (χ1) is 22.3. The van der Waals surface area contributed by atoms with Gasteiger partial charge < -0.3 is 0 Å². The molecule has 0 aromatic carbocycles. The summed E-state index contributed by atoms with van der Waals surface area (Å²) in [5.74, 6) is -0.850. The average molecular weight is 432 g/mol. The van der Waals surface area contributed by atoms with E-state index in [2.05, 4.69) is 30.2 Å². The summed E-state index contributed by atoms with van der Waals surface area (Å²) in [4.78, 5) is 11.0. The molecule has 0 aliphatic carbocycles. The number of hydrogen-bond acceptors (Lipinski definition) is 6. The molecule has 3 aromatic heterocycles. The van der Waals surface area contributed by atoms with E-state index < -0.39 is 82.8 Å². The van der Waals surface area contributed by atoms with E-state index in [4.69, 9.17) is 27.4 Å². The molecule has 0 N–H and O–H groups in total. The molecule has 0 fully saturated rings. The first-order valence-electron chi connectivity index (χ1n) is 19.0. The lowest BCUT2D eigenvalue weighted by Crippen LogP contribution is -2.01. The summed E-state index contributed by atoms with van der Waals surface area (Å²) in [6.07, 6.45) is -15.5.